The molecule has 0 aromatic heterocycles. The van der Waals surface area contributed by atoms with E-state index in [2.05, 4.69) is 6.92 Å². The Bertz CT molecular complexity index is 76.2. The summed E-state index contributed by atoms with van der Waals surface area (Å²) in [7, 11) is 0. The van der Waals surface area contributed by atoms with Crippen LogP contribution in [0.3, 0.4) is 0 Å². The number of hydrogen-bond donors (Lipinski definition) is 1. The van der Waals surface area contributed by atoms with Crippen molar-refractivity contribution in [3.8, 4) is 0 Å². The normalized spacial score (nSPS) is 10.6. The zero-order valence-electron chi connectivity index (χ0n) is 9.06. The van der Waals surface area contributed by atoms with Crippen LogP contribution in [0.5, 0.6) is 0 Å². The zero-order chi connectivity index (χ0) is 9.78. The molecule has 13 heavy (non-hydrogen) atoms. The fourth-order valence-corrected chi connectivity index (χ4v) is 1.30. The maximum Gasteiger partial charge on any atom is 0.0466 e. The van der Waals surface area contributed by atoms with Gasteiger partial charge in [-0.25, -0.2) is 0 Å². The standard InChI is InChI=1S/C11H25NO/c1-2-10-13-11-8-6-4-3-5-7-9-12/h2-12H2,1H3. The molecule has 0 rings (SSSR count). The molecule has 0 radical (unpaired) electrons. The SMILES string of the molecule is CCCOCCCCCCCCN. The number of hydrogen-bond acceptors (Lipinski definition) is 2. The van der Waals surface area contributed by atoms with Crippen molar-refractivity contribution in [1.29, 1.82) is 0 Å². The molecule has 80 valence electrons. The van der Waals surface area contributed by atoms with E-state index in [0.29, 0.717) is 0 Å². The lowest BCUT2D eigenvalue weighted by atomic mass is 10.1. The van der Waals surface area contributed by atoms with Gasteiger partial charge in [0, 0.05) is 13.2 Å². The van der Waals surface area contributed by atoms with Crippen molar-refractivity contribution in [2.45, 2.75) is 51.9 Å². The third-order valence-electron chi connectivity index (χ3n) is 2.09. The second kappa shape index (κ2) is 11.9. The van der Waals surface area contributed by atoms with Crippen LogP contribution in [0.15, 0.2) is 0 Å². The molecule has 0 unspecified atom stereocenters. The van der Waals surface area contributed by atoms with Gasteiger partial charge in [0.1, 0.15) is 0 Å². The second-order valence-corrected chi connectivity index (χ2v) is 3.52. The Kier molecular flexibility index (Phi) is 11.8. The molecular formula is C11H25NO. The van der Waals surface area contributed by atoms with Crippen molar-refractivity contribution >= 4 is 0 Å². The summed E-state index contributed by atoms with van der Waals surface area (Å²) in [5, 5.41) is 0. The molecule has 0 aliphatic carbocycles. The van der Waals surface area contributed by atoms with Crippen LogP contribution in [0.25, 0.3) is 0 Å². The summed E-state index contributed by atoms with van der Waals surface area (Å²) in [6.45, 7) is 4.87. The van der Waals surface area contributed by atoms with Crippen LogP contribution in [0.4, 0.5) is 0 Å². The van der Waals surface area contributed by atoms with Crippen molar-refractivity contribution < 1.29 is 4.74 Å². The number of rotatable bonds is 10. The lowest BCUT2D eigenvalue weighted by molar-refractivity contribution is 0.130. The van der Waals surface area contributed by atoms with E-state index in [1.165, 1.54) is 38.5 Å². The Balaban J connectivity index is 2.76. The first-order valence-electron chi connectivity index (χ1n) is 5.69. The van der Waals surface area contributed by atoms with Gasteiger partial charge in [0.05, 0.1) is 0 Å². The van der Waals surface area contributed by atoms with Crippen molar-refractivity contribution in [1.82, 2.24) is 0 Å². The van der Waals surface area contributed by atoms with Gasteiger partial charge in [-0.15, -0.1) is 0 Å². The highest BCUT2D eigenvalue weighted by atomic mass is 16.5. The summed E-state index contributed by atoms with van der Waals surface area (Å²) in [6, 6.07) is 0. The number of unbranched alkanes of at least 4 members (excludes halogenated alkanes) is 5. The summed E-state index contributed by atoms with van der Waals surface area (Å²) in [5.74, 6) is 0. The largest absolute Gasteiger partial charge is 0.381 e. The Morgan fingerprint density at radius 1 is 0.846 bits per heavy atom. The van der Waals surface area contributed by atoms with E-state index < -0.39 is 0 Å². The van der Waals surface area contributed by atoms with E-state index in [4.69, 9.17) is 10.5 Å². The average molecular weight is 187 g/mol. The van der Waals surface area contributed by atoms with E-state index in [9.17, 15) is 0 Å². The van der Waals surface area contributed by atoms with E-state index in [-0.39, 0.29) is 0 Å². The lowest BCUT2D eigenvalue weighted by Gasteiger charge is -2.02. The highest BCUT2D eigenvalue weighted by molar-refractivity contribution is 4.45. The quantitative estimate of drug-likeness (QED) is 0.534. The number of nitrogens with two attached hydrogens (primary N) is 1. The van der Waals surface area contributed by atoms with Crippen molar-refractivity contribution in [3.05, 3.63) is 0 Å². The highest BCUT2D eigenvalue weighted by Gasteiger charge is 1.90. The zero-order valence-corrected chi connectivity index (χ0v) is 9.06. The van der Waals surface area contributed by atoms with Crippen molar-refractivity contribution in [2.75, 3.05) is 19.8 Å². The van der Waals surface area contributed by atoms with Gasteiger partial charge < -0.3 is 10.5 Å². The summed E-state index contributed by atoms with van der Waals surface area (Å²) in [5.41, 5.74) is 5.40. The lowest BCUT2D eigenvalue weighted by Crippen LogP contribution is -1.98. The van der Waals surface area contributed by atoms with E-state index in [1.807, 2.05) is 0 Å². The minimum atomic E-state index is 0.847. The molecule has 0 spiro atoms. The molecule has 0 atom stereocenters. The average Bonchev–Trinajstić information content (AvgIpc) is 2.16. The van der Waals surface area contributed by atoms with Crippen LogP contribution in [0, 0.1) is 0 Å². The summed E-state index contributed by atoms with van der Waals surface area (Å²) in [4.78, 5) is 0. The van der Waals surface area contributed by atoms with Gasteiger partial charge in [-0.1, -0.05) is 32.6 Å². The molecule has 0 aliphatic heterocycles. The molecule has 2 heteroatoms. The second-order valence-electron chi connectivity index (χ2n) is 3.52. The summed E-state index contributed by atoms with van der Waals surface area (Å²) in [6.07, 6.45) is 8.84. The molecule has 0 heterocycles. The molecule has 0 aromatic rings. The van der Waals surface area contributed by atoms with Crippen LogP contribution >= 0.6 is 0 Å². The molecule has 2 nitrogen and oxygen atoms in total. The van der Waals surface area contributed by atoms with Crippen molar-refractivity contribution in [2.24, 2.45) is 5.73 Å². The topological polar surface area (TPSA) is 35.2 Å². The molecular weight excluding hydrogens is 162 g/mol. The maximum absolute atomic E-state index is 5.40. The predicted molar refractivity (Wildman–Crippen MR) is 57.9 cm³/mol. The van der Waals surface area contributed by atoms with Gasteiger partial charge in [0.2, 0.25) is 0 Å². The molecule has 0 fully saturated rings. The van der Waals surface area contributed by atoms with E-state index >= 15 is 0 Å². The van der Waals surface area contributed by atoms with Crippen LogP contribution in [-0.2, 0) is 4.74 Å². The molecule has 0 aliphatic rings. The van der Waals surface area contributed by atoms with Crippen LogP contribution in [-0.4, -0.2) is 19.8 Å². The highest BCUT2D eigenvalue weighted by Crippen LogP contribution is 2.04. The Morgan fingerprint density at radius 3 is 2.08 bits per heavy atom. The first-order chi connectivity index (χ1) is 6.41. The first kappa shape index (κ1) is 12.9. The van der Waals surface area contributed by atoms with Gasteiger partial charge in [-0.3, -0.25) is 0 Å². The Morgan fingerprint density at radius 2 is 1.46 bits per heavy atom. The fraction of sp³-hybridized carbons (Fsp3) is 1.00. The third kappa shape index (κ3) is 11.9. The van der Waals surface area contributed by atoms with Crippen LogP contribution in [0.1, 0.15) is 51.9 Å². The minimum Gasteiger partial charge on any atom is -0.381 e. The summed E-state index contributed by atoms with van der Waals surface area (Å²) >= 11 is 0. The molecule has 0 bridgehead atoms. The molecule has 0 aromatic carbocycles. The molecule has 0 saturated heterocycles. The van der Waals surface area contributed by atoms with E-state index in [0.717, 1.165) is 26.2 Å². The van der Waals surface area contributed by atoms with E-state index in [1.54, 1.807) is 0 Å². The Hall–Kier alpha value is -0.0800. The van der Waals surface area contributed by atoms with Gasteiger partial charge >= 0.3 is 0 Å². The summed E-state index contributed by atoms with van der Waals surface area (Å²) < 4.78 is 5.39. The minimum absolute atomic E-state index is 0.847. The van der Waals surface area contributed by atoms with Gasteiger partial charge in [-0.2, -0.15) is 0 Å². The van der Waals surface area contributed by atoms with Crippen LogP contribution in [0.2, 0.25) is 0 Å². The maximum atomic E-state index is 5.40. The first-order valence-corrected chi connectivity index (χ1v) is 5.69. The number of ether oxygens (including phenoxy) is 1. The van der Waals surface area contributed by atoms with Gasteiger partial charge in [0.15, 0.2) is 0 Å². The van der Waals surface area contributed by atoms with Gasteiger partial charge in [-0.05, 0) is 25.8 Å². The Labute approximate surface area is 82.8 Å². The monoisotopic (exact) mass is 187 g/mol. The molecule has 0 saturated carbocycles. The smallest absolute Gasteiger partial charge is 0.0466 e. The van der Waals surface area contributed by atoms with Crippen LogP contribution < -0.4 is 5.73 Å². The molecule has 2 N–H and O–H groups in total. The fourth-order valence-electron chi connectivity index (χ4n) is 1.30. The van der Waals surface area contributed by atoms with Gasteiger partial charge in [0.25, 0.3) is 0 Å². The predicted octanol–water partition coefficient (Wildman–Crippen LogP) is 2.71. The third-order valence-corrected chi connectivity index (χ3v) is 2.09. The van der Waals surface area contributed by atoms with Crippen molar-refractivity contribution in [3.63, 3.8) is 0 Å². The molecule has 0 amide bonds.